The van der Waals surface area contributed by atoms with E-state index in [9.17, 15) is 18.0 Å². The largest absolute Gasteiger partial charge is 0.511 e. The summed E-state index contributed by atoms with van der Waals surface area (Å²) in [7, 11) is 0. The first kappa shape index (κ1) is 22.1. The molecule has 4 nitrogen and oxygen atoms in total. The predicted molar refractivity (Wildman–Crippen MR) is 113 cm³/mol. The zero-order chi connectivity index (χ0) is 22.0. The van der Waals surface area contributed by atoms with E-state index in [1.807, 2.05) is 6.08 Å². The molecule has 168 valence electrons. The van der Waals surface area contributed by atoms with Crippen LogP contribution in [0.15, 0.2) is 47.2 Å². The summed E-state index contributed by atoms with van der Waals surface area (Å²) >= 11 is 1.20. The Labute approximate surface area is 184 Å². The maximum absolute atomic E-state index is 14.6. The van der Waals surface area contributed by atoms with E-state index in [0.29, 0.717) is 29.3 Å². The number of ether oxygens (including phenoxy) is 1. The molecular weight excluding hydrogens is 427 g/mol. The fourth-order valence-electron chi connectivity index (χ4n) is 5.14. The highest BCUT2D eigenvalue weighted by atomic mass is 32.2. The molecule has 0 radical (unpaired) electrons. The van der Waals surface area contributed by atoms with Gasteiger partial charge in [-0.2, -0.15) is 0 Å². The van der Waals surface area contributed by atoms with Crippen molar-refractivity contribution in [3.8, 4) is 0 Å². The van der Waals surface area contributed by atoms with Gasteiger partial charge in [-0.3, -0.25) is 0 Å². The third-order valence-corrected chi connectivity index (χ3v) is 7.81. The summed E-state index contributed by atoms with van der Waals surface area (Å²) in [4.78, 5) is 13.2. The van der Waals surface area contributed by atoms with E-state index in [0.717, 1.165) is 30.8 Å². The Morgan fingerprint density at radius 1 is 1.16 bits per heavy atom. The highest BCUT2D eigenvalue weighted by molar-refractivity contribution is 8.03. The number of alkyl halides is 2. The van der Waals surface area contributed by atoms with Crippen LogP contribution in [0.5, 0.6) is 0 Å². The van der Waals surface area contributed by atoms with E-state index >= 15 is 0 Å². The lowest BCUT2D eigenvalue weighted by Crippen LogP contribution is -2.33. The number of benzene rings is 1. The lowest BCUT2D eigenvalue weighted by Gasteiger charge is -2.33. The van der Waals surface area contributed by atoms with Crippen LogP contribution in [0.3, 0.4) is 0 Å². The molecule has 4 rings (SSSR count). The van der Waals surface area contributed by atoms with Crippen molar-refractivity contribution in [1.29, 1.82) is 0 Å². The molecule has 2 saturated carbocycles. The second kappa shape index (κ2) is 9.18. The first-order valence-corrected chi connectivity index (χ1v) is 11.7. The second-order valence-electron chi connectivity index (χ2n) is 8.49. The highest BCUT2D eigenvalue weighted by Gasteiger charge is 2.42. The number of hydrogen-bond acceptors (Lipinski definition) is 4. The van der Waals surface area contributed by atoms with Gasteiger partial charge in [0, 0.05) is 30.8 Å². The Balaban J connectivity index is 1.45. The molecule has 1 aromatic carbocycles. The number of allylic oxidation sites excluding steroid dienone is 1. The van der Waals surface area contributed by atoms with Crippen LogP contribution < -0.4 is 0 Å². The Bertz CT molecular complexity index is 851. The zero-order valence-corrected chi connectivity index (χ0v) is 17.9. The lowest BCUT2D eigenvalue weighted by atomic mass is 9.97. The van der Waals surface area contributed by atoms with Gasteiger partial charge in [0.15, 0.2) is 5.76 Å². The fourth-order valence-corrected chi connectivity index (χ4v) is 6.28. The Morgan fingerprint density at radius 3 is 2.42 bits per heavy atom. The molecule has 0 aromatic heterocycles. The predicted octanol–water partition coefficient (Wildman–Crippen LogP) is 6.21. The molecule has 2 bridgehead atoms. The molecule has 31 heavy (non-hydrogen) atoms. The van der Waals surface area contributed by atoms with Crippen LogP contribution >= 0.6 is 11.8 Å². The molecule has 1 aromatic rings. The van der Waals surface area contributed by atoms with Gasteiger partial charge in [0.2, 0.25) is 0 Å². The van der Waals surface area contributed by atoms with E-state index in [1.165, 1.54) is 37.4 Å². The smallest absolute Gasteiger partial charge is 0.449 e. The van der Waals surface area contributed by atoms with Gasteiger partial charge in [0.05, 0.1) is 0 Å². The summed E-state index contributed by atoms with van der Waals surface area (Å²) in [6, 6.07) is 4.26. The molecule has 0 amide bonds. The average molecular weight is 454 g/mol. The van der Waals surface area contributed by atoms with Crippen molar-refractivity contribution in [2.24, 2.45) is 17.8 Å². The number of hydrogen-bond donors (Lipinski definition) is 1. The first-order valence-electron chi connectivity index (χ1n) is 10.7. The third kappa shape index (κ3) is 5.05. The van der Waals surface area contributed by atoms with E-state index < -0.39 is 24.3 Å². The quantitative estimate of drug-likeness (QED) is 0.474. The zero-order valence-electron chi connectivity index (χ0n) is 17.1. The van der Waals surface area contributed by atoms with Gasteiger partial charge >= 0.3 is 6.16 Å². The lowest BCUT2D eigenvalue weighted by molar-refractivity contribution is -0.00708. The minimum absolute atomic E-state index is 0.0774. The van der Waals surface area contributed by atoms with Crippen molar-refractivity contribution < 1.29 is 27.8 Å². The van der Waals surface area contributed by atoms with Crippen molar-refractivity contribution in [3.05, 3.63) is 58.6 Å². The summed E-state index contributed by atoms with van der Waals surface area (Å²) < 4.78 is 47.2. The minimum Gasteiger partial charge on any atom is -0.449 e. The van der Waals surface area contributed by atoms with Crippen LogP contribution in [0, 0.1) is 23.6 Å². The Kier molecular flexibility index (Phi) is 6.55. The highest BCUT2D eigenvalue weighted by Crippen LogP contribution is 2.50. The van der Waals surface area contributed by atoms with Gasteiger partial charge in [-0.15, -0.1) is 11.8 Å². The van der Waals surface area contributed by atoms with Crippen LogP contribution in [-0.4, -0.2) is 35.0 Å². The fraction of sp³-hybridized carbons (Fsp3) is 0.522. The standard InChI is InChI=1S/C23H26F3NO3S/c24-18-9-7-17(8-10-18)23(25,26)11-13-31-21-20(30-22(28)29)2-1-12-27(21)14-19-15-3-4-16(19)6-5-15/h1-2,7-10,15-16,19H,3-6,11-14H2,(H,28,29). The van der Waals surface area contributed by atoms with Crippen LogP contribution in [0.4, 0.5) is 18.0 Å². The van der Waals surface area contributed by atoms with Crippen LogP contribution in [0.1, 0.15) is 37.7 Å². The van der Waals surface area contributed by atoms with Crippen LogP contribution in [0.2, 0.25) is 0 Å². The summed E-state index contributed by atoms with van der Waals surface area (Å²) in [5.74, 6) is -1.42. The molecular formula is C23H26F3NO3S. The van der Waals surface area contributed by atoms with Crippen molar-refractivity contribution in [2.45, 2.75) is 38.0 Å². The average Bonchev–Trinajstić information content (AvgIpc) is 3.29. The SMILES string of the molecule is O=C(O)OC1=C(SCCC(F)(F)c2ccc(F)cc2)N(CC2C3CCC2CC3)CC=C1. The molecule has 8 heteroatoms. The summed E-state index contributed by atoms with van der Waals surface area (Å²) in [5, 5.41) is 9.71. The molecule has 3 aliphatic rings. The van der Waals surface area contributed by atoms with Gasteiger partial charge in [-0.25, -0.2) is 18.0 Å². The number of nitrogens with zero attached hydrogens (tertiary/aromatic N) is 1. The molecule has 2 aliphatic carbocycles. The Morgan fingerprint density at radius 2 is 1.81 bits per heavy atom. The number of rotatable bonds is 8. The molecule has 0 spiro atoms. The van der Waals surface area contributed by atoms with Gasteiger partial charge in [-0.05, 0) is 61.6 Å². The van der Waals surface area contributed by atoms with Gasteiger partial charge in [-0.1, -0.05) is 18.2 Å². The van der Waals surface area contributed by atoms with E-state index in [-0.39, 0.29) is 17.1 Å². The normalized spacial score (nSPS) is 25.4. The van der Waals surface area contributed by atoms with Crippen molar-refractivity contribution in [1.82, 2.24) is 4.90 Å². The van der Waals surface area contributed by atoms with Gasteiger partial charge in [0.25, 0.3) is 5.92 Å². The van der Waals surface area contributed by atoms with E-state index in [2.05, 4.69) is 4.90 Å². The molecule has 1 heterocycles. The van der Waals surface area contributed by atoms with Crippen molar-refractivity contribution >= 4 is 17.9 Å². The first-order chi connectivity index (χ1) is 14.8. The topological polar surface area (TPSA) is 49.8 Å². The van der Waals surface area contributed by atoms with Gasteiger partial charge in [0.1, 0.15) is 10.8 Å². The second-order valence-corrected chi connectivity index (χ2v) is 9.58. The number of halogens is 3. The van der Waals surface area contributed by atoms with Crippen molar-refractivity contribution in [2.75, 3.05) is 18.8 Å². The van der Waals surface area contributed by atoms with E-state index in [1.54, 1.807) is 6.08 Å². The van der Waals surface area contributed by atoms with Crippen LogP contribution in [-0.2, 0) is 10.7 Å². The molecule has 0 unspecified atom stereocenters. The monoisotopic (exact) mass is 453 g/mol. The maximum Gasteiger partial charge on any atom is 0.511 e. The third-order valence-electron chi connectivity index (χ3n) is 6.67. The number of fused-ring (bicyclic) bond motifs is 2. The number of thioether (sulfide) groups is 1. The summed E-state index contributed by atoms with van der Waals surface area (Å²) in [6.45, 7) is 1.40. The summed E-state index contributed by atoms with van der Waals surface area (Å²) in [5.41, 5.74) is -0.228. The molecule has 2 fully saturated rings. The Hall–Kier alpha value is -2.09. The minimum atomic E-state index is -3.10. The van der Waals surface area contributed by atoms with E-state index in [4.69, 9.17) is 9.84 Å². The number of carbonyl (C=O) groups is 1. The van der Waals surface area contributed by atoms with Crippen molar-refractivity contribution in [3.63, 3.8) is 0 Å². The molecule has 0 saturated heterocycles. The molecule has 1 N–H and O–H groups in total. The summed E-state index contributed by atoms with van der Waals surface area (Å²) in [6.07, 6.45) is 6.57. The number of carboxylic acid groups (broad SMARTS) is 1. The molecule has 1 aliphatic heterocycles. The molecule has 0 atom stereocenters. The van der Waals surface area contributed by atoms with Crippen LogP contribution in [0.25, 0.3) is 0 Å². The van der Waals surface area contributed by atoms with Gasteiger partial charge < -0.3 is 14.7 Å². The maximum atomic E-state index is 14.6.